The summed E-state index contributed by atoms with van der Waals surface area (Å²) < 4.78 is 5.46. The van der Waals surface area contributed by atoms with Gasteiger partial charge in [0.25, 0.3) is 0 Å². The molecule has 4 heteroatoms. The van der Waals surface area contributed by atoms with E-state index < -0.39 is 0 Å². The molecule has 0 unspecified atom stereocenters. The van der Waals surface area contributed by atoms with Gasteiger partial charge in [-0.1, -0.05) is 13.8 Å². The van der Waals surface area contributed by atoms with Crippen LogP contribution in [0.15, 0.2) is 16.8 Å². The minimum atomic E-state index is 0.167. The molecule has 0 radical (unpaired) electrons. The summed E-state index contributed by atoms with van der Waals surface area (Å²) in [4.78, 5) is 8.09. The van der Waals surface area contributed by atoms with Gasteiger partial charge in [-0.15, -0.1) is 0 Å². The van der Waals surface area contributed by atoms with Gasteiger partial charge >= 0.3 is 0 Å². The van der Waals surface area contributed by atoms with E-state index in [1.807, 2.05) is 13.8 Å². The van der Waals surface area contributed by atoms with Crippen LogP contribution in [0.3, 0.4) is 0 Å². The summed E-state index contributed by atoms with van der Waals surface area (Å²) >= 11 is 0. The summed E-state index contributed by atoms with van der Waals surface area (Å²) in [5.74, 6) is 0.828. The lowest BCUT2D eigenvalue weighted by Gasteiger charge is -1.97. The van der Waals surface area contributed by atoms with Crippen molar-refractivity contribution in [3.05, 3.63) is 23.7 Å². The first kappa shape index (κ1) is 8.70. The van der Waals surface area contributed by atoms with Gasteiger partial charge in [-0.25, -0.2) is 9.97 Å². The Morgan fingerprint density at radius 1 is 1.36 bits per heavy atom. The Morgan fingerprint density at radius 3 is 2.71 bits per heavy atom. The largest absolute Gasteiger partial charge is 0.440 e. The lowest BCUT2D eigenvalue weighted by Crippen LogP contribution is -1.87. The Hall–Kier alpha value is -1.89. The van der Waals surface area contributed by atoms with Crippen molar-refractivity contribution in [3.8, 4) is 6.07 Å². The van der Waals surface area contributed by atoms with E-state index in [0.717, 1.165) is 0 Å². The number of furan rings is 1. The predicted octanol–water partition coefficient (Wildman–Crippen LogP) is 2.22. The molecule has 2 rings (SSSR count). The molecule has 0 aliphatic rings. The summed E-state index contributed by atoms with van der Waals surface area (Å²) in [5.41, 5.74) is 1.49. The maximum Gasteiger partial charge on any atom is 0.246 e. The first-order valence-corrected chi connectivity index (χ1v) is 4.37. The van der Waals surface area contributed by atoms with E-state index in [-0.39, 0.29) is 5.92 Å². The fourth-order valence-corrected chi connectivity index (χ4v) is 1.36. The molecular weight excluding hydrogens is 178 g/mol. The normalized spacial score (nSPS) is 10.7. The van der Waals surface area contributed by atoms with E-state index in [4.69, 9.17) is 9.68 Å². The average Bonchev–Trinajstić information content (AvgIpc) is 2.56. The topological polar surface area (TPSA) is 62.7 Å². The number of hydrogen-bond donors (Lipinski definition) is 0. The molecule has 70 valence electrons. The van der Waals surface area contributed by atoms with E-state index >= 15 is 0 Å². The summed E-state index contributed by atoms with van der Waals surface area (Å²) in [7, 11) is 0. The second-order valence-corrected chi connectivity index (χ2v) is 3.32. The van der Waals surface area contributed by atoms with Gasteiger partial charge in [0, 0.05) is 18.3 Å². The van der Waals surface area contributed by atoms with Crippen LogP contribution in [0, 0.1) is 11.3 Å². The molecule has 0 aliphatic carbocycles. The number of hydrogen-bond acceptors (Lipinski definition) is 4. The Labute approximate surface area is 81.2 Å². The van der Waals surface area contributed by atoms with Gasteiger partial charge in [-0.05, 0) is 0 Å². The fourth-order valence-electron chi connectivity index (χ4n) is 1.36. The second-order valence-electron chi connectivity index (χ2n) is 3.32. The molecule has 4 nitrogen and oxygen atoms in total. The highest BCUT2D eigenvalue weighted by Gasteiger charge is 2.17. The van der Waals surface area contributed by atoms with Crippen molar-refractivity contribution in [1.29, 1.82) is 5.26 Å². The average molecular weight is 187 g/mol. The van der Waals surface area contributed by atoms with Gasteiger partial charge < -0.3 is 4.42 Å². The van der Waals surface area contributed by atoms with Gasteiger partial charge in [-0.3, -0.25) is 0 Å². The molecule has 0 amide bonds. The second kappa shape index (κ2) is 3.11. The van der Waals surface area contributed by atoms with Crippen molar-refractivity contribution >= 4 is 11.2 Å². The van der Waals surface area contributed by atoms with E-state index in [2.05, 4.69) is 16.0 Å². The highest BCUT2D eigenvalue weighted by molar-refractivity contribution is 5.77. The van der Waals surface area contributed by atoms with Gasteiger partial charge in [0.2, 0.25) is 5.71 Å². The smallest absolute Gasteiger partial charge is 0.246 e. The summed E-state index contributed by atoms with van der Waals surface area (Å²) in [6.07, 6.45) is 3.11. The molecule has 0 spiro atoms. The highest BCUT2D eigenvalue weighted by atomic mass is 16.3. The third kappa shape index (κ3) is 1.14. The first-order valence-electron chi connectivity index (χ1n) is 4.37. The molecule has 0 fully saturated rings. The van der Waals surface area contributed by atoms with E-state index in [9.17, 15) is 0 Å². The lowest BCUT2D eigenvalue weighted by atomic mass is 10.1. The van der Waals surface area contributed by atoms with E-state index in [1.54, 1.807) is 12.4 Å². The molecule has 0 N–H and O–H groups in total. The third-order valence-corrected chi connectivity index (χ3v) is 1.99. The minimum Gasteiger partial charge on any atom is -0.440 e. The fraction of sp³-hybridized carbons (Fsp3) is 0.300. The van der Waals surface area contributed by atoms with Gasteiger partial charge in [0.15, 0.2) is 0 Å². The standard InChI is InChI=1S/C10H9N3O/c1-6(2)9-7(5-11)8-10(14-9)13-4-3-12-8/h3-4,6H,1-2H3. The molecule has 14 heavy (non-hydrogen) atoms. The number of rotatable bonds is 1. The Kier molecular flexibility index (Phi) is 1.93. The zero-order valence-corrected chi connectivity index (χ0v) is 7.98. The van der Waals surface area contributed by atoms with Gasteiger partial charge in [0.05, 0.1) is 0 Å². The molecule has 0 saturated carbocycles. The number of fused-ring (bicyclic) bond motifs is 1. The van der Waals surface area contributed by atoms with Crippen LogP contribution in [-0.2, 0) is 0 Å². The molecule has 0 atom stereocenters. The number of nitriles is 1. The highest BCUT2D eigenvalue weighted by Crippen LogP contribution is 2.27. The van der Waals surface area contributed by atoms with Crippen molar-refractivity contribution in [2.75, 3.05) is 0 Å². The summed E-state index contributed by atoms with van der Waals surface area (Å²) in [6.45, 7) is 3.94. The zero-order chi connectivity index (χ0) is 10.1. The monoisotopic (exact) mass is 187 g/mol. The third-order valence-electron chi connectivity index (χ3n) is 1.99. The number of aromatic nitrogens is 2. The molecule has 0 aliphatic heterocycles. The van der Waals surface area contributed by atoms with Gasteiger partial charge in [-0.2, -0.15) is 5.26 Å². The quantitative estimate of drug-likeness (QED) is 0.686. The van der Waals surface area contributed by atoms with Crippen LogP contribution < -0.4 is 0 Å². The van der Waals surface area contributed by atoms with Crippen molar-refractivity contribution in [1.82, 2.24) is 9.97 Å². The number of nitrogens with zero attached hydrogens (tertiary/aromatic N) is 3. The van der Waals surface area contributed by atoms with E-state index in [0.29, 0.717) is 22.6 Å². The van der Waals surface area contributed by atoms with Crippen molar-refractivity contribution in [2.24, 2.45) is 0 Å². The molecule has 0 saturated heterocycles. The minimum absolute atomic E-state index is 0.167. The van der Waals surface area contributed by atoms with Crippen molar-refractivity contribution < 1.29 is 4.42 Å². The molecule has 0 bridgehead atoms. The first-order chi connectivity index (χ1) is 6.74. The summed E-state index contributed by atoms with van der Waals surface area (Å²) in [6, 6.07) is 2.10. The van der Waals surface area contributed by atoms with Crippen molar-refractivity contribution in [2.45, 2.75) is 19.8 Å². The van der Waals surface area contributed by atoms with E-state index in [1.165, 1.54) is 0 Å². The Bertz CT molecular complexity index is 508. The SMILES string of the molecule is CC(C)c1oc2nccnc2c1C#N. The Balaban J connectivity index is 2.81. The van der Waals surface area contributed by atoms with Crippen LogP contribution in [0.2, 0.25) is 0 Å². The van der Waals surface area contributed by atoms with Crippen LogP contribution in [-0.4, -0.2) is 9.97 Å². The van der Waals surface area contributed by atoms with Crippen LogP contribution in [0.4, 0.5) is 0 Å². The molecule has 2 aromatic rings. The maximum absolute atomic E-state index is 8.98. The Morgan fingerprint density at radius 2 is 2.07 bits per heavy atom. The summed E-state index contributed by atoms with van der Waals surface area (Å²) in [5, 5.41) is 8.98. The maximum atomic E-state index is 8.98. The molecule has 0 aromatic carbocycles. The van der Waals surface area contributed by atoms with Crippen LogP contribution in [0.25, 0.3) is 11.2 Å². The lowest BCUT2D eigenvalue weighted by molar-refractivity contribution is 0.512. The van der Waals surface area contributed by atoms with Crippen molar-refractivity contribution in [3.63, 3.8) is 0 Å². The van der Waals surface area contributed by atoms with Gasteiger partial charge in [0.1, 0.15) is 22.9 Å². The molecular formula is C10H9N3O. The van der Waals surface area contributed by atoms with Crippen LogP contribution in [0.1, 0.15) is 31.1 Å². The van der Waals surface area contributed by atoms with Crippen LogP contribution >= 0.6 is 0 Å². The molecule has 2 aromatic heterocycles. The van der Waals surface area contributed by atoms with Crippen LogP contribution in [0.5, 0.6) is 0 Å². The zero-order valence-electron chi connectivity index (χ0n) is 7.98. The predicted molar refractivity (Wildman–Crippen MR) is 50.6 cm³/mol. The molecule has 2 heterocycles.